The van der Waals surface area contributed by atoms with Crippen LogP contribution in [0.5, 0.6) is 0 Å². The molecule has 6 heteroatoms. The van der Waals surface area contributed by atoms with Crippen molar-refractivity contribution in [3.05, 3.63) is 69.8 Å². The number of carboxylic acid groups (broad SMARTS) is 1. The molecule has 0 bridgehead atoms. The maximum absolute atomic E-state index is 13.0. The van der Waals surface area contributed by atoms with Gasteiger partial charge in [-0.1, -0.05) is 57.0 Å². The molecule has 1 amide bonds. The normalized spacial score (nSPS) is 15.1. The van der Waals surface area contributed by atoms with Crippen LogP contribution in [0.4, 0.5) is 0 Å². The summed E-state index contributed by atoms with van der Waals surface area (Å²) >= 11 is 0. The third-order valence-electron chi connectivity index (χ3n) is 8.04. The van der Waals surface area contributed by atoms with Gasteiger partial charge in [-0.25, -0.2) is 0 Å². The van der Waals surface area contributed by atoms with E-state index in [-0.39, 0.29) is 30.1 Å². The van der Waals surface area contributed by atoms with Crippen LogP contribution in [0.15, 0.2) is 36.4 Å². The molecule has 3 rings (SSSR count). The number of aliphatic carboxylic acids is 1. The van der Waals surface area contributed by atoms with Crippen LogP contribution in [0.3, 0.4) is 0 Å². The lowest BCUT2D eigenvalue weighted by Crippen LogP contribution is -2.32. The van der Waals surface area contributed by atoms with E-state index in [4.69, 9.17) is 5.11 Å². The summed E-state index contributed by atoms with van der Waals surface area (Å²) in [6, 6.07) is 11.8. The lowest BCUT2D eigenvalue weighted by atomic mass is 9.69. The van der Waals surface area contributed by atoms with Gasteiger partial charge in [0.2, 0.25) is 0 Å². The second kappa shape index (κ2) is 11.0. The Labute approximate surface area is 214 Å². The number of carbonyl (C=O) groups is 3. The van der Waals surface area contributed by atoms with Crippen LogP contribution in [-0.2, 0) is 10.2 Å². The highest BCUT2D eigenvalue weighted by Crippen LogP contribution is 2.41. The van der Waals surface area contributed by atoms with Gasteiger partial charge < -0.3 is 15.1 Å². The van der Waals surface area contributed by atoms with Crippen molar-refractivity contribution >= 4 is 17.7 Å². The number of aryl methyl sites for hydroxylation is 2. The fourth-order valence-corrected chi connectivity index (χ4v) is 5.79. The minimum absolute atomic E-state index is 0.00811. The molecule has 0 atom stereocenters. The quantitative estimate of drug-likeness (QED) is 0.430. The van der Waals surface area contributed by atoms with Crippen molar-refractivity contribution in [3.8, 4) is 0 Å². The van der Waals surface area contributed by atoms with E-state index in [1.807, 2.05) is 38.1 Å². The SMILES string of the molecule is CCC(CC)(c1ccc(C(=O)CC2(O)CCCC2)c(C)c1)c1ccc(C(=O)N(C)CC(=O)O)c(C)c1. The molecule has 0 unspecified atom stereocenters. The van der Waals surface area contributed by atoms with Crippen LogP contribution >= 0.6 is 0 Å². The topological polar surface area (TPSA) is 94.9 Å². The first kappa shape index (κ1) is 27.6. The van der Waals surface area contributed by atoms with E-state index in [2.05, 4.69) is 19.9 Å². The van der Waals surface area contributed by atoms with Crippen molar-refractivity contribution in [2.75, 3.05) is 13.6 Å². The predicted molar refractivity (Wildman–Crippen MR) is 141 cm³/mol. The summed E-state index contributed by atoms with van der Waals surface area (Å²) in [5.41, 5.74) is 3.90. The average molecular weight is 494 g/mol. The Bertz CT molecular complexity index is 1140. The Morgan fingerprint density at radius 3 is 1.86 bits per heavy atom. The van der Waals surface area contributed by atoms with Gasteiger partial charge in [0.05, 0.1) is 5.60 Å². The average Bonchev–Trinajstić information content (AvgIpc) is 3.25. The number of Topliss-reactive ketones (excluding diaryl/α,β-unsaturated/α-hetero) is 1. The van der Waals surface area contributed by atoms with Crippen LogP contribution < -0.4 is 0 Å². The molecule has 2 aromatic rings. The van der Waals surface area contributed by atoms with Crippen molar-refractivity contribution in [1.82, 2.24) is 4.90 Å². The number of likely N-dealkylation sites (N-methyl/N-ethyl adjacent to an activating group) is 1. The number of hydrogen-bond acceptors (Lipinski definition) is 4. The zero-order chi connectivity index (χ0) is 26.7. The lowest BCUT2D eigenvalue weighted by Gasteiger charge is -2.34. The van der Waals surface area contributed by atoms with Crippen molar-refractivity contribution < 1.29 is 24.6 Å². The van der Waals surface area contributed by atoms with Crippen LogP contribution in [0.25, 0.3) is 0 Å². The molecular formula is C30H39NO5. The van der Waals surface area contributed by atoms with Gasteiger partial charge in [-0.15, -0.1) is 0 Å². The Hall–Kier alpha value is -2.99. The molecular weight excluding hydrogens is 454 g/mol. The molecule has 1 aliphatic carbocycles. The van der Waals surface area contributed by atoms with Gasteiger partial charge in [-0.2, -0.15) is 0 Å². The van der Waals surface area contributed by atoms with Crippen molar-refractivity contribution in [3.63, 3.8) is 0 Å². The number of hydrogen-bond donors (Lipinski definition) is 2. The number of nitrogens with zero attached hydrogens (tertiary/aromatic N) is 1. The Balaban J connectivity index is 1.93. The van der Waals surface area contributed by atoms with E-state index in [9.17, 15) is 19.5 Å². The summed E-state index contributed by atoms with van der Waals surface area (Å²) in [5, 5.41) is 19.7. The Morgan fingerprint density at radius 1 is 0.917 bits per heavy atom. The van der Waals surface area contributed by atoms with Crippen molar-refractivity contribution in [2.45, 2.75) is 83.7 Å². The summed E-state index contributed by atoms with van der Waals surface area (Å²) in [4.78, 5) is 38.0. The van der Waals surface area contributed by atoms with E-state index in [1.165, 1.54) is 11.9 Å². The fourth-order valence-electron chi connectivity index (χ4n) is 5.79. The number of ketones is 1. The predicted octanol–water partition coefficient (Wildman–Crippen LogP) is 5.44. The molecule has 0 heterocycles. The second-order valence-corrected chi connectivity index (χ2v) is 10.4. The fraction of sp³-hybridized carbons (Fsp3) is 0.500. The zero-order valence-electron chi connectivity index (χ0n) is 22.2. The van der Waals surface area contributed by atoms with Gasteiger partial charge in [-0.3, -0.25) is 14.4 Å². The molecule has 194 valence electrons. The molecule has 0 radical (unpaired) electrons. The van der Waals surface area contributed by atoms with Gasteiger partial charge in [0, 0.05) is 30.0 Å². The van der Waals surface area contributed by atoms with Crippen LogP contribution in [0.1, 0.15) is 102 Å². The first-order chi connectivity index (χ1) is 17.0. The van der Waals surface area contributed by atoms with E-state index in [1.54, 1.807) is 6.07 Å². The largest absolute Gasteiger partial charge is 0.480 e. The second-order valence-electron chi connectivity index (χ2n) is 10.4. The number of benzene rings is 2. The van der Waals surface area contributed by atoms with E-state index in [0.717, 1.165) is 47.9 Å². The van der Waals surface area contributed by atoms with Gasteiger partial charge in [-0.05, 0) is 67.9 Å². The zero-order valence-corrected chi connectivity index (χ0v) is 22.2. The van der Waals surface area contributed by atoms with Crippen LogP contribution in [0, 0.1) is 13.8 Å². The first-order valence-corrected chi connectivity index (χ1v) is 12.9. The van der Waals surface area contributed by atoms with Crippen molar-refractivity contribution in [2.24, 2.45) is 0 Å². The molecule has 1 fully saturated rings. The molecule has 0 aromatic heterocycles. The summed E-state index contributed by atoms with van der Waals surface area (Å²) in [6.07, 6.45) is 5.16. The minimum Gasteiger partial charge on any atom is -0.480 e. The highest BCUT2D eigenvalue weighted by atomic mass is 16.4. The third kappa shape index (κ3) is 5.54. The number of carbonyl (C=O) groups excluding carboxylic acids is 2. The van der Waals surface area contributed by atoms with E-state index < -0.39 is 11.6 Å². The molecule has 6 nitrogen and oxygen atoms in total. The molecule has 1 aliphatic rings. The molecule has 36 heavy (non-hydrogen) atoms. The maximum atomic E-state index is 13.0. The van der Waals surface area contributed by atoms with Crippen molar-refractivity contribution in [1.29, 1.82) is 0 Å². The van der Waals surface area contributed by atoms with Gasteiger partial charge >= 0.3 is 5.97 Å². The van der Waals surface area contributed by atoms with E-state index in [0.29, 0.717) is 24.0 Å². The highest BCUT2D eigenvalue weighted by Gasteiger charge is 2.35. The molecule has 0 spiro atoms. The highest BCUT2D eigenvalue weighted by molar-refractivity contribution is 5.98. The summed E-state index contributed by atoms with van der Waals surface area (Å²) in [6.45, 7) is 7.76. The van der Waals surface area contributed by atoms with E-state index >= 15 is 0 Å². The number of amides is 1. The molecule has 0 aliphatic heterocycles. The maximum Gasteiger partial charge on any atom is 0.323 e. The Morgan fingerprint density at radius 2 is 1.42 bits per heavy atom. The van der Waals surface area contributed by atoms with Crippen LogP contribution in [0.2, 0.25) is 0 Å². The minimum atomic E-state index is -1.05. The summed E-state index contributed by atoms with van der Waals surface area (Å²) in [5.74, 6) is -1.38. The van der Waals surface area contributed by atoms with Gasteiger partial charge in [0.15, 0.2) is 5.78 Å². The monoisotopic (exact) mass is 493 g/mol. The number of carboxylic acids is 1. The van der Waals surface area contributed by atoms with Gasteiger partial charge in [0.1, 0.15) is 6.54 Å². The lowest BCUT2D eigenvalue weighted by molar-refractivity contribution is -0.137. The smallest absolute Gasteiger partial charge is 0.323 e. The summed E-state index contributed by atoms with van der Waals surface area (Å²) in [7, 11) is 1.49. The summed E-state index contributed by atoms with van der Waals surface area (Å²) < 4.78 is 0. The molecule has 1 saturated carbocycles. The Kier molecular flexibility index (Phi) is 8.40. The molecule has 2 aromatic carbocycles. The number of aliphatic hydroxyl groups is 1. The first-order valence-electron chi connectivity index (χ1n) is 12.9. The standard InChI is InChI=1S/C30H39NO5/c1-6-30(7-2,23-11-13-25(21(4)17-23)28(35)31(5)19-27(33)34)22-10-12-24(20(3)16-22)26(32)18-29(36)14-8-9-15-29/h10-13,16-17,36H,6-9,14-15,18-19H2,1-5H3,(H,33,34). The number of rotatable bonds is 10. The van der Waals surface area contributed by atoms with Crippen LogP contribution in [-0.4, -0.2) is 52.0 Å². The van der Waals surface area contributed by atoms with Gasteiger partial charge in [0.25, 0.3) is 5.91 Å². The molecule has 0 saturated heterocycles. The molecule has 2 N–H and O–H groups in total. The third-order valence-corrected chi connectivity index (χ3v) is 8.04.